The van der Waals surface area contributed by atoms with E-state index in [1.165, 1.54) is 12.1 Å². The number of ether oxygens (including phenoxy) is 2. The number of aromatic nitrogens is 1. The van der Waals surface area contributed by atoms with E-state index < -0.39 is 0 Å². The van der Waals surface area contributed by atoms with Gasteiger partial charge in [-0.1, -0.05) is 24.3 Å². The third-order valence-electron chi connectivity index (χ3n) is 8.18. The first-order valence-electron chi connectivity index (χ1n) is 13.0. The molecule has 1 saturated heterocycles. The second-order valence-electron chi connectivity index (χ2n) is 10.3. The minimum Gasteiger partial charge on any atom is -0.462 e. The zero-order valence-corrected chi connectivity index (χ0v) is 20.7. The summed E-state index contributed by atoms with van der Waals surface area (Å²) in [6, 6.07) is 10.4. The highest BCUT2D eigenvalue weighted by molar-refractivity contribution is 5.75. The molecule has 1 aromatic carbocycles. The van der Waals surface area contributed by atoms with Crippen LogP contribution in [0.2, 0.25) is 0 Å². The number of allylic oxidation sites excluding steroid dienone is 1. The Morgan fingerprint density at radius 1 is 1.22 bits per heavy atom. The van der Waals surface area contributed by atoms with E-state index in [0.717, 1.165) is 42.5 Å². The van der Waals surface area contributed by atoms with Gasteiger partial charge in [0.2, 0.25) is 0 Å². The van der Waals surface area contributed by atoms with Crippen LogP contribution in [-0.2, 0) is 14.3 Å². The Morgan fingerprint density at radius 3 is 2.83 bits per heavy atom. The Bertz CT molecular complexity index is 1130. The number of rotatable bonds is 5. The lowest BCUT2D eigenvalue weighted by molar-refractivity contribution is -0.144. The number of halogens is 1. The first kappa shape index (κ1) is 24.5. The molecule has 1 aromatic heterocycles. The number of pyridine rings is 1. The molecule has 2 saturated carbocycles. The van der Waals surface area contributed by atoms with Gasteiger partial charge in [0.15, 0.2) is 0 Å². The smallest absolute Gasteiger partial charge is 0.407 e. The number of fused-ring (bicyclic) bond motifs is 2. The molecule has 1 amide bonds. The Balaban J connectivity index is 1.34. The zero-order chi connectivity index (χ0) is 25.2. The number of amides is 1. The molecular weight excluding hydrogens is 459 g/mol. The summed E-state index contributed by atoms with van der Waals surface area (Å²) in [5.74, 6) is 0.629. The summed E-state index contributed by atoms with van der Waals surface area (Å²) >= 11 is 0. The van der Waals surface area contributed by atoms with Crippen molar-refractivity contribution < 1.29 is 23.5 Å². The van der Waals surface area contributed by atoms with Crippen LogP contribution < -0.4 is 5.32 Å². The lowest BCUT2D eigenvalue weighted by atomic mass is 9.57. The number of hydrogen-bond acceptors (Lipinski definition) is 5. The van der Waals surface area contributed by atoms with Gasteiger partial charge < -0.3 is 14.8 Å². The van der Waals surface area contributed by atoms with E-state index in [-0.39, 0.29) is 47.8 Å². The van der Waals surface area contributed by atoms with Crippen LogP contribution in [0.4, 0.5) is 9.18 Å². The Labute approximate surface area is 211 Å². The molecule has 2 aromatic rings. The van der Waals surface area contributed by atoms with Crippen molar-refractivity contribution in [2.75, 3.05) is 6.61 Å². The van der Waals surface area contributed by atoms with E-state index in [0.29, 0.717) is 18.4 Å². The van der Waals surface area contributed by atoms with Gasteiger partial charge in [-0.05, 0) is 87.1 Å². The summed E-state index contributed by atoms with van der Waals surface area (Å²) in [5, 5.41) is 3.00. The second kappa shape index (κ2) is 10.4. The molecule has 6 nitrogen and oxygen atoms in total. The number of hydrogen-bond donors (Lipinski definition) is 1. The van der Waals surface area contributed by atoms with Crippen molar-refractivity contribution in [1.82, 2.24) is 10.3 Å². The minimum atomic E-state index is -0.368. The Morgan fingerprint density at radius 2 is 2.08 bits per heavy atom. The molecule has 1 aliphatic heterocycles. The average Bonchev–Trinajstić information content (AvgIpc) is 3.15. The first-order chi connectivity index (χ1) is 17.4. The third-order valence-corrected chi connectivity index (χ3v) is 8.18. The SMILES string of the molecule is CCOC(=O)N[C@@H]1CC[C@H]2[C@@H](C1)C[C@@H]1C(=O)O[C@@H](C)[C@@H]1[C@@H]2C=Cc1ccc(-c2cccc(F)c2)cn1. The molecule has 0 spiro atoms. The largest absolute Gasteiger partial charge is 0.462 e. The first-order valence-corrected chi connectivity index (χ1v) is 13.0. The van der Waals surface area contributed by atoms with Crippen LogP contribution in [0.25, 0.3) is 17.2 Å². The summed E-state index contributed by atoms with van der Waals surface area (Å²) < 4.78 is 24.3. The van der Waals surface area contributed by atoms with Crippen LogP contribution in [0, 0.1) is 35.4 Å². The van der Waals surface area contributed by atoms with Gasteiger partial charge >= 0.3 is 12.1 Å². The lowest BCUT2D eigenvalue weighted by Gasteiger charge is -2.47. The molecule has 2 aliphatic carbocycles. The van der Waals surface area contributed by atoms with E-state index >= 15 is 0 Å². The molecule has 36 heavy (non-hydrogen) atoms. The van der Waals surface area contributed by atoms with E-state index in [2.05, 4.69) is 16.4 Å². The highest BCUT2D eigenvalue weighted by Crippen LogP contribution is 2.53. The Hall–Kier alpha value is -3.22. The molecule has 0 radical (unpaired) electrons. The van der Waals surface area contributed by atoms with Crippen molar-refractivity contribution in [1.29, 1.82) is 0 Å². The number of carbonyl (C=O) groups is 2. The van der Waals surface area contributed by atoms with Crippen molar-refractivity contribution in [2.45, 2.75) is 51.7 Å². The molecule has 7 heteroatoms. The standard InChI is InChI=1S/C29H33FN2O4/c1-3-35-29(34)32-23-10-11-24-20(14-23)15-26-27(17(2)36-28(26)33)25(24)12-9-22-8-7-19(16-31-22)18-5-4-6-21(30)13-18/h4-9,12-13,16-17,20,23-27H,3,10-11,14-15H2,1-2H3,(H,32,34)/t17-,20-,23+,24-,25+,26-,27+/m0/s1. The van der Waals surface area contributed by atoms with Crippen LogP contribution in [0.5, 0.6) is 0 Å². The quantitative estimate of drug-likeness (QED) is 0.548. The van der Waals surface area contributed by atoms with Crippen molar-refractivity contribution in [3.63, 3.8) is 0 Å². The van der Waals surface area contributed by atoms with E-state index in [9.17, 15) is 14.0 Å². The monoisotopic (exact) mass is 492 g/mol. The van der Waals surface area contributed by atoms with E-state index in [1.54, 1.807) is 19.2 Å². The molecule has 7 atom stereocenters. The number of benzene rings is 1. The fraction of sp³-hybridized carbons (Fsp3) is 0.483. The van der Waals surface area contributed by atoms with Gasteiger partial charge in [0.05, 0.1) is 18.2 Å². The van der Waals surface area contributed by atoms with Crippen molar-refractivity contribution in [2.24, 2.45) is 29.6 Å². The molecular formula is C29H33FN2O4. The number of nitrogens with zero attached hydrogens (tertiary/aromatic N) is 1. The van der Waals surface area contributed by atoms with Crippen molar-refractivity contribution in [3.05, 3.63) is 60.2 Å². The van der Waals surface area contributed by atoms with Crippen LogP contribution >= 0.6 is 0 Å². The maximum Gasteiger partial charge on any atom is 0.407 e. The lowest BCUT2D eigenvalue weighted by Crippen LogP contribution is -2.48. The molecule has 0 unspecified atom stereocenters. The van der Waals surface area contributed by atoms with Crippen molar-refractivity contribution >= 4 is 18.1 Å². The molecule has 3 aliphatic rings. The van der Waals surface area contributed by atoms with Gasteiger partial charge in [0, 0.05) is 23.7 Å². The number of cyclic esters (lactones) is 1. The number of alkyl carbamates (subject to hydrolysis) is 1. The van der Waals surface area contributed by atoms with Crippen molar-refractivity contribution in [3.8, 4) is 11.1 Å². The van der Waals surface area contributed by atoms with Crippen LogP contribution in [-0.4, -0.2) is 35.8 Å². The highest BCUT2D eigenvalue weighted by atomic mass is 19.1. The zero-order valence-electron chi connectivity index (χ0n) is 20.7. The van der Waals surface area contributed by atoms with Gasteiger partial charge in [-0.25, -0.2) is 9.18 Å². The molecule has 190 valence electrons. The number of nitrogens with one attached hydrogen (secondary N) is 1. The van der Waals surface area contributed by atoms with Gasteiger partial charge in [-0.15, -0.1) is 0 Å². The van der Waals surface area contributed by atoms with Gasteiger partial charge in [0.25, 0.3) is 0 Å². The number of esters is 1. The van der Waals surface area contributed by atoms with E-state index in [1.807, 2.05) is 31.2 Å². The molecule has 1 N–H and O–H groups in total. The minimum absolute atomic E-state index is 0.0679. The molecule has 2 heterocycles. The fourth-order valence-corrected chi connectivity index (χ4v) is 6.64. The molecule has 3 fully saturated rings. The van der Waals surface area contributed by atoms with Crippen LogP contribution in [0.1, 0.15) is 45.2 Å². The normalized spacial score (nSPS) is 31.4. The summed E-state index contributed by atoms with van der Waals surface area (Å²) in [5.41, 5.74) is 2.48. The maximum atomic E-state index is 13.6. The topological polar surface area (TPSA) is 77.5 Å². The summed E-state index contributed by atoms with van der Waals surface area (Å²) in [6.07, 6.45) is 9.07. The fourth-order valence-electron chi connectivity index (χ4n) is 6.64. The molecule has 0 bridgehead atoms. The van der Waals surface area contributed by atoms with Gasteiger partial charge in [-0.2, -0.15) is 0 Å². The highest BCUT2D eigenvalue weighted by Gasteiger charge is 2.54. The average molecular weight is 493 g/mol. The third kappa shape index (κ3) is 5.01. The second-order valence-corrected chi connectivity index (χ2v) is 10.3. The summed E-state index contributed by atoms with van der Waals surface area (Å²) in [4.78, 5) is 29.2. The molecule has 5 rings (SSSR count). The van der Waals surface area contributed by atoms with Gasteiger partial charge in [-0.3, -0.25) is 9.78 Å². The Kier molecular flexibility index (Phi) is 7.08. The predicted molar refractivity (Wildman–Crippen MR) is 134 cm³/mol. The van der Waals surface area contributed by atoms with Gasteiger partial charge in [0.1, 0.15) is 11.9 Å². The summed E-state index contributed by atoms with van der Waals surface area (Å²) in [6.45, 7) is 4.15. The number of carbonyl (C=O) groups excluding carboxylic acids is 2. The summed E-state index contributed by atoms with van der Waals surface area (Å²) in [7, 11) is 0. The maximum absolute atomic E-state index is 13.6. The predicted octanol–water partition coefficient (Wildman–Crippen LogP) is 5.63. The van der Waals surface area contributed by atoms with Crippen LogP contribution in [0.15, 0.2) is 48.7 Å². The van der Waals surface area contributed by atoms with Crippen LogP contribution in [0.3, 0.4) is 0 Å². The van der Waals surface area contributed by atoms with E-state index in [4.69, 9.17) is 9.47 Å².